The van der Waals surface area contributed by atoms with Gasteiger partial charge >= 0.3 is 0 Å². The maximum absolute atomic E-state index is 12.7. The number of pyridine rings is 1. The van der Waals surface area contributed by atoms with Gasteiger partial charge in [0, 0.05) is 63.0 Å². The number of carbonyl (C=O) groups excluding carboxylic acids is 1. The second kappa shape index (κ2) is 11.5. The number of aryl methyl sites for hydroxylation is 2. The number of likely N-dealkylation sites (tertiary alicyclic amines) is 1. The highest BCUT2D eigenvalue weighted by Crippen LogP contribution is 2.22. The summed E-state index contributed by atoms with van der Waals surface area (Å²) in [4.78, 5) is 34.3. The molecule has 1 N–H and O–H groups in total. The molecule has 0 unspecified atom stereocenters. The van der Waals surface area contributed by atoms with Crippen LogP contribution in [0, 0.1) is 24.0 Å². The molecule has 0 radical (unpaired) electrons. The largest absolute Gasteiger partial charge is 0.369 e. The maximum Gasteiger partial charge on any atom is 0.290 e. The van der Waals surface area contributed by atoms with E-state index >= 15 is 0 Å². The minimum Gasteiger partial charge on any atom is -0.369 e. The molecule has 2 saturated heterocycles. The summed E-state index contributed by atoms with van der Waals surface area (Å²) in [6.07, 6.45) is 4.50. The zero-order valence-corrected chi connectivity index (χ0v) is 20.8. The summed E-state index contributed by atoms with van der Waals surface area (Å²) < 4.78 is 0. The average molecular weight is 481 g/mol. The van der Waals surface area contributed by atoms with Crippen LogP contribution in [0.1, 0.15) is 36.8 Å². The quantitative estimate of drug-likeness (QED) is 0.456. The van der Waals surface area contributed by atoms with Crippen molar-refractivity contribution >= 4 is 23.1 Å². The zero-order valence-electron chi connectivity index (χ0n) is 20.8. The number of amides is 1. The van der Waals surface area contributed by atoms with Crippen LogP contribution in [0.4, 0.5) is 17.2 Å². The highest BCUT2D eigenvalue weighted by atomic mass is 16.6. The number of hydrogen-bond acceptors (Lipinski definition) is 7. The van der Waals surface area contributed by atoms with Crippen molar-refractivity contribution in [3.8, 4) is 0 Å². The molecule has 0 saturated carbocycles. The highest BCUT2D eigenvalue weighted by Gasteiger charge is 2.24. The van der Waals surface area contributed by atoms with E-state index in [2.05, 4.69) is 51.3 Å². The molecule has 0 bridgehead atoms. The molecule has 1 aromatic carbocycles. The van der Waals surface area contributed by atoms with Crippen molar-refractivity contribution in [2.45, 2.75) is 45.6 Å². The van der Waals surface area contributed by atoms with Gasteiger partial charge in [-0.2, -0.15) is 0 Å². The summed E-state index contributed by atoms with van der Waals surface area (Å²) in [6.45, 7) is 10.4. The predicted molar refractivity (Wildman–Crippen MR) is 138 cm³/mol. The van der Waals surface area contributed by atoms with Gasteiger partial charge in [0.25, 0.3) is 5.69 Å². The SMILES string of the molecule is Cc1ccc(N2CCN(CCCC(=O)N3CCC(Nc4cc(C)c([N+](=O)[O-])cn4)CC3)CC2)cc1. The van der Waals surface area contributed by atoms with E-state index in [0.29, 0.717) is 17.8 Å². The summed E-state index contributed by atoms with van der Waals surface area (Å²) in [6, 6.07) is 10.7. The fourth-order valence-corrected chi connectivity index (χ4v) is 4.90. The number of carbonyl (C=O) groups is 1. The first kappa shape index (κ1) is 24.9. The maximum atomic E-state index is 12.7. The Morgan fingerprint density at radius 2 is 1.77 bits per heavy atom. The fraction of sp³-hybridized carbons (Fsp3) is 0.538. The molecule has 9 nitrogen and oxygen atoms in total. The zero-order chi connectivity index (χ0) is 24.8. The number of benzene rings is 1. The lowest BCUT2D eigenvalue weighted by Gasteiger charge is -2.36. The Morgan fingerprint density at radius 3 is 2.40 bits per heavy atom. The Morgan fingerprint density at radius 1 is 1.09 bits per heavy atom. The van der Waals surface area contributed by atoms with Crippen molar-refractivity contribution < 1.29 is 9.72 Å². The van der Waals surface area contributed by atoms with E-state index < -0.39 is 4.92 Å². The molecule has 0 atom stereocenters. The van der Waals surface area contributed by atoms with E-state index in [4.69, 9.17) is 0 Å². The molecular weight excluding hydrogens is 444 g/mol. The molecule has 3 heterocycles. The molecule has 1 amide bonds. The van der Waals surface area contributed by atoms with Crippen molar-refractivity contribution in [2.75, 3.05) is 56.0 Å². The van der Waals surface area contributed by atoms with Crippen LogP contribution in [0.15, 0.2) is 36.5 Å². The molecule has 1 aromatic heterocycles. The van der Waals surface area contributed by atoms with Gasteiger partial charge in [-0.25, -0.2) is 4.98 Å². The summed E-state index contributed by atoms with van der Waals surface area (Å²) in [5.74, 6) is 0.895. The van der Waals surface area contributed by atoms with Crippen LogP contribution in [0.2, 0.25) is 0 Å². The number of aromatic nitrogens is 1. The summed E-state index contributed by atoms with van der Waals surface area (Å²) in [7, 11) is 0. The van der Waals surface area contributed by atoms with Crippen LogP contribution in [0.5, 0.6) is 0 Å². The van der Waals surface area contributed by atoms with Gasteiger partial charge in [-0.1, -0.05) is 17.7 Å². The second-order valence-electron chi connectivity index (χ2n) is 9.68. The summed E-state index contributed by atoms with van der Waals surface area (Å²) in [5.41, 5.74) is 3.21. The van der Waals surface area contributed by atoms with Gasteiger partial charge in [-0.15, -0.1) is 0 Å². The molecule has 35 heavy (non-hydrogen) atoms. The number of anilines is 2. The van der Waals surface area contributed by atoms with Crippen LogP contribution < -0.4 is 10.2 Å². The van der Waals surface area contributed by atoms with E-state index in [-0.39, 0.29) is 17.6 Å². The van der Waals surface area contributed by atoms with Gasteiger partial charge in [0.2, 0.25) is 5.91 Å². The van der Waals surface area contributed by atoms with Crippen molar-refractivity contribution in [2.24, 2.45) is 0 Å². The van der Waals surface area contributed by atoms with Gasteiger partial charge < -0.3 is 15.1 Å². The lowest BCUT2D eigenvalue weighted by molar-refractivity contribution is -0.385. The first-order valence-corrected chi connectivity index (χ1v) is 12.6. The number of nitrogens with zero attached hydrogens (tertiary/aromatic N) is 5. The minimum absolute atomic E-state index is 0.0316. The van der Waals surface area contributed by atoms with Crippen LogP contribution in [0.3, 0.4) is 0 Å². The van der Waals surface area contributed by atoms with Crippen LogP contribution in [-0.4, -0.2) is 77.5 Å². The molecule has 0 aliphatic carbocycles. The average Bonchev–Trinajstić information content (AvgIpc) is 2.85. The third-order valence-corrected chi connectivity index (χ3v) is 7.12. The predicted octanol–water partition coefficient (Wildman–Crippen LogP) is 3.61. The third-order valence-electron chi connectivity index (χ3n) is 7.12. The van der Waals surface area contributed by atoms with Crippen LogP contribution in [-0.2, 0) is 4.79 Å². The Bertz CT molecular complexity index is 1010. The molecular formula is C26H36N6O3. The number of piperazine rings is 1. The monoisotopic (exact) mass is 480 g/mol. The molecule has 4 rings (SSSR count). The minimum atomic E-state index is -0.415. The molecule has 0 spiro atoms. The molecule has 188 valence electrons. The van der Waals surface area contributed by atoms with Crippen LogP contribution in [0.25, 0.3) is 0 Å². The molecule has 9 heteroatoms. The van der Waals surface area contributed by atoms with Crippen LogP contribution >= 0.6 is 0 Å². The topological polar surface area (TPSA) is 94.8 Å². The first-order valence-electron chi connectivity index (χ1n) is 12.6. The normalized spacial score (nSPS) is 17.4. The van der Waals surface area contributed by atoms with Gasteiger partial charge in [0.05, 0.1) is 4.92 Å². The summed E-state index contributed by atoms with van der Waals surface area (Å²) >= 11 is 0. The number of piperidine rings is 1. The number of nitro groups is 1. The lowest BCUT2D eigenvalue weighted by atomic mass is 10.0. The van der Waals surface area contributed by atoms with Gasteiger partial charge in [0.15, 0.2) is 0 Å². The van der Waals surface area contributed by atoms with E-state index in [9.17, 15) is 14.9 Å². The van der Waals surface area contributed by atoms with Crippen molar-refractivity contribution in [3.05, 3.63) is 57.8 Å². The molecule has 2 aliphatic rings. The standard InChI is InChI=1S/C26H36N6O3/c1-20-5-7-23(8-6-20)30-16-14-29(15-17-30)11-3-4-26(33)31-12-9-22(10-13-31)28-25-18-21(2)24(19-27-25)32(34)35/h5-8,18-19,22H,3-4,9-17H2,1-2H3,(H,27,28). The number of hydrogen-bond donors (Lipinski definition) is 1. The van der Waals surface area contributed by atoms with Crippen molar-refractivity contribution in [3.63, 3.8) is 0 Å². The molecule has 2 fully saturated rings. The van der Waals surface area contributed by atoms with E-state index in [1.165, 1.54) is 17.4 Å². The lowest BCUT2D eigenvalue weighted by Crippen LogP contribution is -2.47. The van der Waals surface area contributed by atoms with E-state index in [1.54, 1.807) is 13.0 Å². The van der Waals surface area contributed by atoms with E-state index in [0.717, 1.165) is 65.1 Å². The van der Waals surface area contributed by atoms with Crippen molar-refractivity contribution in [1.82, 2.24) is 14.8 Å². The first-order chi connectivity index (χ1) is 16.9. The summed E-state index contributed by atoms with van der Waals surface area (Å²) in [5, 5.41) is 14.3. The molecule has 2 aliphatic heterocycles. The van der Waals surface area contributed by atoms with Gasteiger partial charge in [-0.3, -0.25) is 19.8 Å². The fourth-order valence-electron chi connectivity index (χ4n) is 4.90. The highest BCUT2D eigenvalue weighted by molar-refractivity contribution is 5.76. The third kappa shape index (κ3) is 6.69. The number of nitrogens with one attached hydrogen (secondary N) is 1. The van der Waals surface area contributed by atoms with Gasteiger partial charge in [0.1, 0.15) is 12.0 Å². The number of rotatable bonds is 8. The Hall–Kier alpha value is -3.20. The Labute approximate surface area is 207 Å². The van der Waals surface area contributed by atoms with Gasteiger partial charge in [-0.05, 0) is 57.9 Å². The molecule has 2 aromatic rings. The van der Waals surface area contributed by atoms with E-state index in [1.807, 2.05) is 4.90 Å². The smallest absolute Gasteiger partial charge is 0.290 e. The Balaban J connectivity index is 1.13. The second-order valence-corrected chi connectivity index (χ2v) is 9.68. The Kier molecular flexibility index (Phi) is 8.17. The van der Waals surface area contributed by atoms with Crippen molar-refractivity contribution in [1.29, 1.82) is 0 Å².